The van der Waals surface area contributed by atoms with Crippen molar-refractivity contribution in [1.82, 2.24) is 0 Å². The summed E-state index contributed by atoms with van der Waals surface area (Å²) in [6.45, 7) is 0. The zero-order chi connectivity index (χ0) is 15.7. The average Bonchev–Trinajstić information content (AvgIpc) is 2.45. The molecule has 0 aliphatic carbocycles. The van der Waals surface area contributed by atoms with Crippen LogP contribution in [0.15, 0.2) is 48.5 Å². The summed E-state index contributed by atoms with van der Waals surface area (Å²) in [5.74, 6) is -0.338. The first-order valence-corrected chi connectivity index (χ1v) is 6.31. The first-order valence-electron chi connectivity index (χ1n) is 6.31. The largest absolute Gasteiger partial charge is 0.511 e. The van der Waals surface area contributed by atoms with Gasteiger partial charge in [-0.1, -0.05) is 24.3 Å². The SMILES string of the molecule is O=C(O)Oc1cc2cc3ccccc3cc2cc1OC(=O)O. The predicted octanol–water partition coefficient (Wildman–Crippen LogP) is 4.11. The Labute approximate surface area is 124 Å². The molecule has 0 saturated carbocycles. The maximum atomic E-state index is 10.7. The highest BCUT2D eigenvalue weighted by molar-refractivity contribution is 5.99. The van der Waals surface area contributed by atoms with Crippen molar-refractivity contribution in [3.05, 3.63) is 48.5 Å². The van der Waals surface area contributed by atoms with Crippen LogP contribution in [0.5, 0.6) is 11.5 Å². The summed E-state index contributed by atoms with van der Waals surface area (Å²) in [6, 6.07) is 14.2. The number of fused-ring (bicyclic) bond motifs is 2. The third kappa shape index (κ3) is 2.62. The third-order valence-corrected chi connectivity index (χ3v) is 3.16. The molecule has 0 fully saturated rings. The van der Waals surface area contributed by atoms with Gasteiger partial charge < -0.3 is 19.7 Å². The molecule has 0 radical (unpaired) electrons. The lowest BCUT2D eigenvalue weighted by molar-refractivity contribution is 0.133. The summed E-state index contributed by atoms with van der Waals surface area (Å²) in [5.41, 5.74) is 0. The number of carbonyl (C=O) groups is 2. The van der Waals surface area contributed by atoms with Crippen molar-refractivity contribution in [3.63, 3.8) is 0 Å². The van der Waals surface area contributed by atoms with Crippen molar-refractivity contribution in [2.24, 2.45) is 0 Å². The standard InChI is InChI=1S/C16H10O6/c17-15(18)21-13-7-11-5-9-3-1-2-4-10(9)6-12(11)8-14(13)22-16(19)20/h1-8H,(H,17,18)(H,19,20). The second-order valence-electron chi connectivity index (χ2n) is 4.58. The van der Waals surface area contributed by atoms with E-state index in [2.05, 4.69) is 9.47 Å². The highest BCUT2D eigenvalue weighted by Crippen LogP contribution is 2.34. The minimum Gasteiger partial charge on any atom is -0.449 e. The minimum absolute atomic E-state index is 0.169. The second kappa shape index (κ2) is 5.25. The molecule has 0 saturated heterocycles. The Morgan fingerprint density at radius 3 is 1.45 bits per heavy atom. The van der Waals surface area contributed by atoms with Crippen molar-refractivity contribution < 1.29 is 29.3 Å². The van der Waals surface area contributed by atoms with E-state index < -0.39 is 12.3 Å². The van der Waals surface area contributed by atoms with E-state index in [4.69, 9.17) is 10.2 Å². The van der Waals surface area contributed by atoms with Gasteiger partial charge in [-0.05, 0) is 45.8 Å². The Kier molecular flexibility index (Phi) is 3.27. The lowest BCUT2D eigenvalue weighted by Gasteiger charge is -2.09. The Balaban J connectivity index is 2.23. The average molecular weight is 298 g/mol. The zero-order valence-corrected chi connectivity index (χ0v) is 11.1. The monoisotopic (exact) mass is 298 g/mol. The first kappa shape index (κ1) is 13.7. The fourth-order valence-corrected chi connectivity index (χ4v) is 2.30. The first-order chi connectivity index (χ1) is 10.5. The molecule has 0 amide bonds. The van der Waals surface area contributed by atoms with Crippen molar-refractivity contribution in [2.45, 2.75) is 0 Å². The number of hydrogen-bond acceptors (Lipinski definition) is 4. The summed E-state index contributed by atoms with van der Waals surface area (Å²) in [4.78, 5) is 21.5. The molecule has 0 heterocycles. The van der Waals surface area contributed by atoms with Crippen molar-refractivity contribution in [3.8, 4) is 11.5 Å². The molecular weight excluding hydrogens is 288 g/mol. The quantitative estimate of drug-likeness (QED) is 0.420. The minimum atomic E-state index is -1.55. The van der Waals surface area contributed by atoms with E-state index in [-0.39, 0.29) is 11.5 Å². The Hall–Kier alpha value is -3.28. The van der Waals surface area contributed by atoms with E-state index in [1.54, 1.807) is 0 Å². The lowest BCUT2D eigenvalue weighted by Crippen LogP contribution is -2.08. The van der Waals surface area contributed by atoms with Crippen molar-refractivity contribution in [2.75, 3.05) is 0 Å². The predicted molar refractivity (Wildman–Crippen MR) is 78.8 cm³/mol. The van der Waals surface area contributed by atoms with Gasteiger partial charge in [-0.3, -0.25) is 0 Å². The third-order valence-electron chi connectivity index (χ3n) is 3.16. The van der Waals surface area contributed by atoms with E-state index in [0.717, 1.165) is 10.8 Å². The number of rotatable bonds is 2. The highest BCUT2D eigenvalue weighted by atomic mass is 16.7. The van der Waals surface area contributed by atoms with Gasteiger partial charge in [0.15, 0.2) is 11.5 Å². The molecule has 0 atom stereocenters. The summed E-state index contributed by atoms with van der Waals surface area (Å²) in [5, 5.41) is 20.9. The van der Waals surface area contributed by atoms with Crippen LogP contribution in [0.25, 0.3) is 21.5 Å². The van der Waals surface area contributed by atoms with E-state index in [1.807, 2.05) is 36.4 Å². The fraction of sp³-hybridized carbons (Fsp3) is 0. The maximum Gasteiger partial charge on any atom is 0.511 e. The van der Waals surface area contributed by atoms with E-state index in [0.29, 0.717) is 10.8 Å². The normalized spacial score (nSPS) is 10.5. The number of ether oxygens (including phenoxy) is 2. The smallest absolute Gasteiger partial charge is 0.449 e. The lowest BCUT2D eigenvalue weighted by atomic mass is 10.0. The molecule has 0 bridgehead atoms. The molecule has 3 rings (SSSR count). The topological polar surface area (TPSA) is 93.1 Å². The van der Waals surface area contributed by atoms with Crippen LogP contribution in [0.3, 0.4) is 0 Å². The molecule has 6 heteroatoms. The fourth-order valence-electron chi connectivity index (χ4n) is 2.30. The van der Waals surface area contributed by atoms with Gasteiger partial charge in [0.25, 0.3) is 0 Å². The van der Waals surface area contributed by atoms with E-state index in [9.17, 15) is 9.59 Å². The molecular formula is C16H10O6. The van der Waals surface area contributed by atoms with Crippen LogP contribution in [-0.2, 0) is 0 Å². The summed E-state index contributed by atoms with van der Waals surface area (Å²) in [6.07, 6.45) is -3.09. The van der Waals surface area contributed by atoms with Gasteiger partial charge in [0.05, 0.1) is 0 Å². The highest BCUT2D eigenvalue weighted by Gasteiger charge is 2.14. The maximum absolute atomic E-state index is 10.7. The van der Waals surface area contributed by atoms with Gasteiger partial charge in [-0.25, -0.2) is 9.59 Å². The Bertz CT molecular complexity index is 826. The van der Waals surface area contributed by atoms with Gasteiger partial charge in [0.2, 0.25) is 0 Å². The molecule has 3 aromatic carbocycles. The van der Waals surface area contributed by atoms with E-state index >= 15 is 0 Å². The van der Waals surface area contributed by atoms with Gasteiger partial charge in [-0.2, -0.15) is 0 Å². The van der Waals surface area contributed by atoms with Gasteiger partial charge in [0.1, 0.15) is 0 Å². The van der Waals surface area contributed by atoms with Crippen molar-refractivity contribution >= 4 is 33.9 Å². The van der Waals surface area contributed by atoms with Crippen LogP contribution < -0.4 is 9.47 Å². The van der Waals surface area contributed by atoms with Crippen LogP contribution in [0.4, 0.5) is 9.59 Å². The van der Waals surface area contributed by atoms with Crippen LogP contribution in [-0.4, -0.2) is 22.5 Å². The van der Waals surface area contributed by atoms with Crippen LogP contribution in [0.2, 0.25) is 0 Å². The molecule has 0 aromatic heterocycles. The molecule has 3 aromatic rings. The molecule has 6 nitrogen and oxygen atoms in total. The number of carboxylic acid groups (broad SMARTS) is 2. The molecule has 0 spiro atoms. The molecule has 0 aliphatic rings. The van der Waals surface area contributed by atoms with Crippen LogP contribution in [0, 0.1) is 0 Å². The summed E-state index contributed by atoms with van der Waals surface area (Å²) in [7, 11) is 0. The molecule has 2 N–H and O–H groups in total. The Morgan fingerprint density at radius 1 is 0.682 bits per heavy atom. The summed E-state index contributed by atoms with van der Waals surface area (Å²) < 4.78 is 9.19. The van der Waals surface area contributed by atoms with Crippen molar-refractivity contribution in [1.29, 1.82) is 0 Å². The summed E-state index contributed by atoms with van der Waals surface area (Å²) >= 11 is 0. The van der Waals surface area contributed by atoms with Gasteiger partial charge in [-0.15, -0.1) is 0 Å². The number of hydrogen-bond donors (Lipinski definition) is 2. The van der Waals surface area contributed by atoms with Crippen LogP contribution in [0.1, 0.15) is 0 Å². The zero-order valence-electron chi connectivity index (χ0n) is 11.1. The molecule has 110 valence electrons. The van der Waals surface area contributed by atoms with E-state index in [1.165, 1.54) is 12.1 Å². The molecule has 0 unspecified atom stereocenters. The van der Waals surface area contributed by atoms with Gasteiger partial charge in [0, 0.05) is 0 Å². The second-order valence-corrected chi connectivity index (χ2v) is 4.58. The Morgan fingerprint density at radius 2 is 1.09 bits per heavy atom. The molecule has 22 heavy (non-hydrogen) atoms. The van der Waals surface area contributed by atoms with Gasteiger partial charge >= 0.3 is 12.3 Å². The number of benzene rings is 3. The molecule has 0 aliphatic heterocycles. The van der Waals surface area contributed by atoms with Crippen LogP contribution >= 0.6 is 0 Å².